The molecule has 0 radical (unpaired) electrons. The second-order valence-electron chi connectivity index (χ2n) is 16.4. The van der Waals surface area contributed by atoms with Crippen molar-refractivity contribution in [2.24, 2.45) is 5.92 Å². The second-order valence-corrected chi connectivity index (χ2v) is 19.4. The molecule has 1 aromatic heterocycles. The number of alkyl carbamates (subject to hydrolysis) is 1. The van der Waals surface area contributed by atoms with E-state index in [9.17, 15) is 32.4 Å². The lowest BCUT2D eigenvalue weighted by Crippen LogP contribution is -2.58. The summed E-state index contributed by atoms with van der Waals surface area (Å²) in [7, 11) is -2.78. The predicted molar refractivity (Wildman–Crippen MR) is 238 cm³/mol. The Kier molecular flexibility index (Phi) is 14.1. The van der Waals surface area contributed by atoms with Crippen LogP contribution in [0.25, 0.3) is 22.2 Å². The number of aromatic nitrogens is 1. The van der Waals surface area contributed by atoms with Crippen LogP contribution in [0.4, 0.5) is 4.79 Å². The molecule has 3 aromatic carbocycles. The molecule has 4 N–H and O–H groups in total. The lowest BCUT2D eigenvalue weighted by atomic mass is 10.1. The largest absolute Gasteiger partial charge is 0.497 e. The molecule has 6 rings (SSSR count). The van der Waals surface area contributed by atoms with E-state index in [1.807, 2.05) is 30.3 Å². The normalized spacial score (nSPS) is 20.4. The van der Waals surface area contributed by atoms with Crippen LogP contribution in [0.2, 0.25) is 0 Å². The number of nitrogens with zero attached hydrogens (tertiary/aromatic N) is 2. The van der Waals surface area contributed by atoms with Gasteiger partial charge < -0.3 is 35.1 Å². The van der Waals surface area contributed by atoms with Crippen molar-refractivity contribution in [2.75, 3.05) is 20.2 Å². The van der Waals surface area contributed by atoms with Crippen LogP contribution in [-0.4, -0.2) is 102 Å². The third kappa shape index (κ3) is 11.1. The summed E-state index contributed by atoms with van der Waals surface area (Å²) < 4.78 is 46.3. The Labute approximate surface area is 374 Å². The van der Waals surface area contributed by atoms with Crippen molar-refractivity contribution in [3.63, 3.8) is 0 Å². The van der Waals surface area contributed by atoms with Gasteiger partial charge in [-0.15, -0.1) is 6.58 Å². The number of hydrogen-bond donors (Lipinski definition) is 4. The number of nitrogens with one attached hydrogen (secondary N) is 4. The number of hydrogen-bond acceptors (Lipinski definition) is 11. The fourth-order valence-corrected chi connectivity index (χ4v) is 8.53. The van der Waals surface area contributed by atoms with E-state index in [1.54, 1.807) is 65.1 Å². The number of carbonyl (C=O) groups is 5. The molecule has 16 nitrogen and oxygen atoms in total. The maximum absolute atomic E-state index is 14.8. The van der Waals surface area contributed by atoms with E-state index >= 15 is 0 Å². The third-order valence-electron chi connectivity index (χ3n) is 10.6. The van der Waals surface area contributed by atoms with Crippen molar-refractivity contribution >= 4 is 66.6 Å². The number of halogens is 1. The molecule has 1 saturated carbocycles. The molecule has 6 atom stereocenters. The molecule has 2 aliphatic rings. The summed E-state index contributed by atoms with van der Waals surface area (Å²) >= 11 is 3.22. The van der Waals surface area contributed by atoms with Crippen LogP contribution in [0.1, 0.15) is 47.0 Å². The van der Waals surface area contributed by atoms with Crippen molar-refractivity contribution < 1.29 is 46.6 Å². The van der Waals surface area contributed by atoms with Crippen LogP contribution >= 0.6 is 15.9 Å². The number of benzene rings is 3. The topological polar surface area (TPSA) is 211 Å². The number of sulfonamides is 1. The Morgan fingerprint density at radius 2 is 1.70 bits per heavy atom. The predicted octanol–water partition coefficient (Wildman–Crippen LogP) is 5.01. The molecule has 63 heavy (non-hydrogen) atoms. The van der Waals surface area contributed by atoms with Gasteiger partial charge in [0.15, 0.2) is 0 Å². The zero-order valence-corrected chi connectivity index (χ0v) is 38.0. The lowest BCUT2D eigenvalue weighted by molar-refractivity contribution is -0.141. The van der Waals surface area contributed by atoms with Crippen LogP contribution in [0.5, 0.6) is 11.5 Å². The number of alkyl halides is 1. The van der Waals surface area contributed by atoms with E-state index in [2.05, 4.69) is 43.2 Å². The summed E-state index contributed by atoms with van der Waals surface area (Å²) in [4.78, 5) is 74.3. The van der Waals surface area contributed by atoms with Gasteiger partial charge in [-0.25, -0.2) is 22.9 Å². The molecule has 1 aliphatic heterocycles. The smallest absolute Gasteiger partial charge is 0.408 e. The van der Waals surface area contributed by atoms with Gasteiger partial charge in [0, 0.05) is 42.0 Å². The highest BCUT2D eigenvalue weighted by Crippen LogP contribution is 2.45. The number of rotatable bonds is 16. The lowest BCUT2D eigenvalue weighted by Gasteiger charge is -2.30. The van der Waals surface area contributed by atoms with Crippen molar-refractivity contribution in [2.45, 2.75) is 86.0 Å². The Balaban J connectivity index is 1.35. The summed E-state index contributed by atoms with van der Waals surface area (Å²) in [5.74, 6) is -2.43. The van der Waals surface area contributed by atoms with E-state index in [-0.39, 0.29) is 43.2 Å². The Hall–Kier alpha value is -6.01. The van der Waals surface area contributed by atoms with Gasteiger partial charge in [0.05, 0.1) is 34.6 Å². The zero-order chi connectivity index (χ0) is 45.7. The quantitative estimate of drug-likeness (QED) is 0.0867. The van der Waals surface area contributed by atoms with Gasteiger partial charge in [-0.1, -0.05) is 70.5 Å². The molecule has 334 valence electrons. The number of methoxy groups -OCH3 is 1. The number of fused-ring (bicyclic) bond motifs is 1. The summed E-state index contributed by atoms with van der Waals surface area (Å²) in [5.41, 5.74) is -0.656. The van der Waals surface area contributed by atoms with Gasteiger partial charge in [0.25, 0.3) is 15.9 Å². The van der Waals surface area contributed by atoms with Gasteiger partial charge in [-0.2, -0.15) is 0 Å². The van der Waals surface area contributed by atoms with E-state index in [0.29, 0.717) is 28.1 Å². The van der Waals surface area contributed by atoms with Gasteiger partial charge in [-0.3, -0.25) is 19.2 Å². The SMILES string of the molecule is C=C[C@@H]1C[C@]1(NC(=O)[C@@H]1C[C@@H](Oc2cc(-c3ccccc3)nc3cc(OC)ccc23)CN1C(=O)[C@H](CCNC(=O)C(C)Br)NC(=O)OC(C)(C)C)C(=O)NS(=O)(=O)c1ccccc1. The molecule has 2 fully saturated rings. The van der Waals surface area contributed by atoms with Gasteiger partial charge in [-0.05, 0) is 64.8 Å². The zero-order valence-electron chi connectivity index (χ0n) is 35.6. The first kappa shape index (κ1) is 46.5. The Morgan fingerprint density at radius 1 is 1.02 bits per heavy atom. The van der Waals surface area contributed by atoms with Crippen LogP contribution < -0.4 is 30.1 Å². The Morgan fingerprint density at radius 3 is 2.32 bits per heavy atom. The van der Waals surface area contributed by atoms with Crippen LogP contribution in [0, 0.1) is 5.92 Å². The number of amides is 5. The summed E-state index contributed by atoms with van der Waals surface area (Å²) in [6.45, 7) is 10.2. The molecular weight excluding hydrogens is 896 g/mol. The fourth-order valence-electron chi connectivity index (χ4n) is 7.31. The van der Waals surface area contributed by atoms with Gasteiger partial charge in [0.2, 0.25) is 17.7 Å². The van der Waals surface area contributed by atoms with Crippen molar-refractivity contribution in [1.29, 1.82) is 0 Å². The standard InChI is InChI=1S/C45H51BrN6O10S/c1-7-29-25-45(29,42(56)51-63(58,59)32-16-12-9-13-17-32)50-40(54)37-23-31(26-52(37)41(55)34(20-21-47-39(53)27(2)46)49-43(57)62-44(3,4)5)61-38-24-35(28-14-10-8-11-15-28)48-36-22-30(60-6)18-19-33(36)38/h7-19,22,24,27,29,31,34,37H,1,20-21,23,25-26H2,2-6H3,(H,47,53)(H,49,57)(H,50,54)(H,51,56)/t27?,29-,31-,34+,37+,45-/m1/s1. The van der Waals surface area contributed by atoms with Gasteiger partial charge in [0.1, 0.15) is 40.8 Å². The monoisotopic (exact) mass is 946 g/mol. The third-order valence-corrected chi connectivity index (χ3v) is 12.4. The van der Waals surface area contributed by atoms with Crippen LogP contribution in [0.15, 0.2) is 102 Å². The minimum absolute atomic E-state index is 0.0273. The number of likely N-dealkylation sites (tertiary alicyclic amines) is 1. The summed E-state index contributed by atoms with van der Waals surface area (Å²) in [6, 6.07) is 21.3. The summed E-state index contributed by atoms with van der Waals surface area (Å²) in [6.07, 6.45) is -0.386. The maximum atomic E-state index is 14.8. The highest BCUT2D eigenvalue weighted by molar-refractivity contribution is 9.10. The van der Waals surface area contributed by atoms with E-state index in [4.69, 9.17) is 19.2 Å². The van der Waals surface area contributed by atoms with E-state index in [0.717, 1.165) is 5.56 Å². The molecule has 5 amide bonds. The van der Waals surface area contributed by atoms with Crippen molar-refractivity contribution in [3.8, 4) is 22.8 Å². The van der Waals surface area contributed by atoms with Crippen LogP contribution in [0.3, 0.4) is 0 Å². The number of ether oxygens (including phenoxy) is 3. The molecule has 4 aromatic rings. The first-order chi connectivity index (χ1) is 29.8. The molecule has 18 heteroatoms. The molecule has 2 heterocycles. The average Bonchev–Trinajstić information content (AvgIpc) is 3.81. The van der Waals surface area contributed by atoms with Crippen LogP contribution in [-0.2, 0) is 33.9 Å². The first-order valence-electron chi connectivity index (χ1n) is 20.3. The molecule has 0 spiro atoms. The molecule has 0 bridgehead atoms. The highest BCUT2D eigenvalue weighted by atomic mass is 79.9. The number of carbonyl (C=O) groups excluding carboxylic acids is 5. The van der Waals surface area contributed by atoms with E-state index < -0.39 is 73.9 Å². The minimum Gasteiger partial charge on any atom is -0.497 e. The van der Waals surface area contributed by atoms with E-state index in [1.165, 1.54) is 35.2 Å². The maximum Gasteiger partial charge on any atom is 0.408 e. The molecule has 1 unspecified atom stereocenters. The van der Waals surface area contributed by atoms with Crippen molar-refractivity contribution in [3.05, 3.63) is 97.6 Å². The van der Waals surface area contributed by atoms with Gasteiger partial charge >= 0.3 is 6.09 Å². The highest BCUT2D eigenvalue weighted by Gasteiger charge is 2.61. The fraction of sp³-hybridized carbons (Fsp3) is 0.378. The molecular formula is C45H51BrN6O10S. The molecule has 1 saturated heterocycles. The second kappa shape index (κ2) is 19.2. The number of pyridine rings is 1. The van der Waals surface area contributed by atoms with Crippen molar-refractivity contribution in [1.82, 2.24) is 30.6 Å². The minimum atomic E-state index is -4.33. The Bertz CT molecular complexity index is 2480. The summed E-state index contributed by atoms with van der Waals surface area (Å²) in [5, 5.41) is 8.75. The first-order valence-corrected chi connectivity index (χ1v) is 22.7. The molecule has 1 aliphatic carbocycles. The average molecular weight is 948 g/mol.